The lowest BCUT2D eigenvalue weighted by molar-refractivity contribution is -0.136. The van der Waals surface area contributed by atoms with Gasteiger partial charge in [0.2, 0.25) is 18.6 Å². The molecule has 5 atom stereocenters. The molecule has 34 heavy (non-hydrogen) atoms. The van der Waals surface area contributed by atoms with E-state index in [0.717, 1.165) is 28.5 Å². The molecule has 1 saturated carbocycles. The molecule has 0 aromatic heterocycles. The number of likely N-dealkylation sites (tertiary alicyclic amines) is 1. The molecule has 5 unspecified atom stereocenters. The Morgan fingerprint density at radius 1 is 1.12 bits per heavy atom. The summed E-state index contributed by atoms with van der Waals surface area (Å²) in [4.78, 5) is 41.6. The van der Waals surface area contributed by atoms with Gasteiger partial charge in [-0.05, 0) is 49.3 Å². The monoisotopic (exact) mass is 531 g/mol. The maximum absolute atomic E-state index is 13.3. The lowest BCUT2D eigenvalue weighted by Gasteiger charge is -2.55. The summed E-state index contributed by atoms with van der Waals surface area (Å²) >= 11 is 3.66. The summed E-state index contributed by atoms with van der Waals surface area (Å²) in [5.41, 5.74) is 7.57. The predicted octanol–water partition coefficient (Wildman–Crippen LogP) is 2.15. The standard InChI is InChI=1S/C24H26BrN3O6/c25-14-8-17-16(33-10-34-17)7-13(14)9-27-15-6-12(2-1-5-29)18(21(27)11-3-4-11)20-19(15)22(30)28(23(20)31)24(26)32/h6-8,11,15,18-21,29H,1-5,9-10H2,(H2,26,32). The molecule has 1 aromatic carbocycles. The molecule has 3 fully saturated rings. The number of imide groups is 3. The third-order valence-corrected chi connectivity index (χ3v) is 8.68. The largest absolute Gasteiger partial charge is 0.454 e. The number of benzene rings is 1. The fourth-order valence-corrected chi connectivity index (χ4v) is 6.94. The summed E-state index contributed by atoms with van der Waals surface area (Å²) in [5.74, 6) is -0.564. The SMILES string of the molecule is NC(=O)N1C(=O)C2C(C1=O)C1C=C(CCCO)C2C(C2CC2)N1Cc1cc2c(cc1Br)OCO2. The third-order valence-electron chi connectivity index (χ3n) is 7.94. The maximum atomic E-state index is 13.3. The summed E-state index contributed by atoms with van der Waals surface area (Å²) < 4.78 is 12.0. The van der Waals surface area contributed by atoms with Crippen LogP contribution in [0.1, 0.15) is 31.2 Å². The minimum absolute atomic E-state index is 0.0606. The van der Waals surface area contributed by atoms with Crippen molar-refractivity contribution in [2.75, 3.05) is 13.4 Å². The number of nitrogens with two attached hydrogens (primary N) is 1. The Balaban J connectivity index is 1.42. The van der Waals surface area contributed by atoms with Crippen molar-refractivity contribution in [2.45, 2.75) is 44.3 Å². The van der Waals surface area contributed by atoms with Crippen molar-refractivity contribution in [3.8, 4) is 11.5 Å². The van der Waals surface area contributed by atoms with Crippen LogP contribution in [0.5, 0.6) is 11.5 Å². The van der Waals surface area contributed by atoms with Gasteiger partial charge in [0.1, 0.15) is 0 Å². The van der Waals surface area contributed by atoms with Gasteiger partial charge in [-0.25, -0.2) is 4.79 Å². The van der Waals surface area contributed by atoms with Crippen LogP contribution in [0.4, 0.5) is 4.79 Å². The number of hydrogen-bond acceptors (Lipinski definition) is 7. The third kappa shape index (κ3) is 3.22. The maximum Gasteiger partial charge on any atom is 0.328 e. The second kappa shape index (κ2) is 8.07. The fourth-order valence-electron chi connectivity index (χ4n) is 6.49. The molecule has 4 heterocycles. The zero-order valence-corrected chi connectivity index (χ0v) is 20.1. The number of urea groups is 1. The topological polar surface area (TPSA) is 122 Å². The zero-order valence-electron chi connectivity index (χ0n) is 18.5. The molecule has 2 saturated heterocycles. The lowest BCUT2D eigenvalue weighted by Crippen LogP contribution is -2.63. The first-order valence-corrected chi connectivity index (χ1v) is 12.5. The Morgan fingerprint density at radius 3 is 2.50 bits per heavy atom. The average Bonchev–Trinajstić information content (AvgIpc) is 3.48. The van der Waals surface area contributed by atoms with E-state index < -0.39 is 29.7 Å². The molecule has 10 heteroatoms. The molecule has 180 valence electrons. The van der Waals surface area contributed by atoms with Crippen LogP contribution in [0.25, 0.3) is 0 Å². The fraction of sp³-hybridized carbons (Fsp3) is 0.542. The van der Waals surface area contributed by atoms with E-state index in [9.17, 15) is 19.5 Å². The van der Waals surface area contributed by atoms with Crippen LogP contribution < -0.4 is 15.2 Å². The highest BCUT2D eigenvalue weighted by Crippen LogP contribution is 2.57. The lowest BCUT2D eigenvalue weighted by atomic mass is 9.61. The van der Waals surface area contributed by atoms with Crippen molar-refractivity contribution in [1.29, 1.82) is 0 Å². The van der Waals surface area contributed by atoms with Gasteiger partial charge in [0.25, 0.3) is 0 Å². The van der Waals surface area contributed by atoms with Gasteiger partial charge >= 0.3 is 6.03 Å². The summed E-state index contributed by atoms with van der Waals surface area (Å²) in [5, 5.41) is 9.45. The molecule has 2 aliphatic carbocycles. The van der Waals surface area contributed by atoms with Gasteiger partial charge in [-0.3, -0.25) is 14.5 Å². The van der Waals surface area contributed by atoms with E-state index in [0.29, 0.717) is 41.7 Å². The van der Waals surface area contributed by atoms with E-state index >= 15 is 0 Å². The summed E-state index contributed by atoms with van der Waals surface area (Å²) in [6.45, 7) is 0.806. The molecule has 4 amide bonds. The van der Waals surface area contributed by atoms with Crippen molar-refractivity contribution in [1.82, 2.24) is 9.80 Å². The molecule has 2 bridgehead atoms. The van der Waals surface area contributed by atoms with Gasteiger partial charge < -0.3 is 20.3 Å². The van der Waals surface area contributed by atoms with Gasteiger partial charge in [0, 0.05) is 35.6 Å². The molecule has 1 aromatic rings. The number of amides is 4. The van der Waals surface area contributed by atoms with Crippen molar-refractivity contribution < 1.29 is 29.0 Å². The second-order valence-electron chi connectivity index (χ2n) is 9.78. The van der Waals surface area contributed by atoms with Gasteiger partial charge in [-0.1, -0.05) is 27.6 Å². The molecule has 9 nitrogen and oxygen atoms in total. The minimum atomic E-state index is -1.01. The Kier molecular flexibility index (Phi) is 5.23. The normalized spacial score (nSPS) is 31.8. The molecule has 4 aliphatic heterocycles. The van der Waals surface area contributed by atoms with Crippen molar-refractivity contribution in [3.63, 3.8) is 0 Å². The van der Waals surface area contributed by atoms with Crippen LogP contribution in [0, 0.1) is 23.7 Å². The van der Waals surface area contributed by atoms with Crippen LogP contribution in [0.3, 0.4) is 0 Å². The quantitative estimate of drug-likeness (QED) is 0.425. The number of rotatable bonds is 6. The first-order chi connectivity index (χ1) is 16.4. The molecule has 3 N–H and O–H groups in total. The molecule has 7 rings (SSSR count). The number of primary amides is 1. The van der Waals surface area contributed by atoms with Crippen LogP contribution in [0.2, 0.25) is 0 Å². The number of nitrogens with zero attached hydrogens (tertiary/aromatic N) is 2. The number of ether oxygens (including phenoxy) is 2. The van der Waals surface area contributed by atoms with E-state index in [-0.39, 0.29) is 31.4 Å². The molecule has 0 radical (unpaired) electrons. The van der Waals surface area contributed by atoms with Gasteiger partial charge in [0.15, 0.2) is 11.5 Å². The number of fused-ring (bicyclic) bond motifs is 2. The van der Waals surface area contributed by atoms with Crippen LogP contribution in [-0.4, -0.2) is 58.2 Å². The van der Waals surface area contributed by atoms with E-state index in [4.69, 9.17) is 15.2 Å². The number of piperidine rings is 1. The molecular weight excluding hydrogens is 506 g/mol. The van der Waals surface area contributed by atoms with E-state index in [1.807, 2.05) is 12.1 Å². The number of aliphatic hydroxyl groups excluding tert-OH is 1. The molecular formula is C24H26BrN3O6. The van der Waals surface area contributed by atoms with Gasteiger partial charge in [0.05, 0.1) is 11.8 Å². The smallest absolute Gasteiger partial charge is 0.328 e. The van der Waals surface area contributed by atoms with Crippen LogP contribution in [0.15, 0.2) is 28.3 Å². The van der Waals surface area contributed by atoms with Crippen molar-refractivity contribution >= 4 is 33.8 Å². The average molecular weight is 532 g/mol. The minimum Gasteiger partial charge on any atom is -0.454 e. The summed E-state index contributed by atoms with van der Waals surface area (Å²) in [6, 6.07) is 2.60. The first kappa shape index (κ1) is 22.1. The molecule has 0 spiro atoms. The second-order valence-corrected chi connectivity index (χ2v) is 10.6. The number of aliphatic hydroxyl groups is 1. The number of halogens is 1. The highest BCUT2D eigenvalue weighted by Gasteiger charge is 2.66. The number of hydrogen-bond donors (Lipinski definition) is 2. The first-order valence-electron chi connectivity index (χ1n) is 11.7. The Labute approximate surface area is 205 Å². The van der Waals surface area contributed by atoms with Crippen molar-refractivity contribution in [3.05, 3.63) is 33.8 Å². The van der Waals surface area contributed by atoms with Gasteiger partial charge in [-0.2, -0.15) is 4.90 Å². The van der Waals surface area contributed by atoms with Crippen LogP contribution >= 0.6 is 15.9 Å². The van der Waals surface area contributed by atoms with Crippen LogP contribution in [-0.2, 0) is 16.1 Å². The Morgan fingerprint density at radius 2 is 1.82 bits per heavy atom. The molecule has 6 aliphatic rings. The summed E-state index contributed by atoms with van der Waals surface area (Å²) in [7, 11) is 0. The Hall–Kier alpha value is -2.43. The highest BCUT2D eigenvalue weighted by molar-refractivity contribution is 9.10. The highest BCUT2D eigenvalue weighted by atomic mass is 79.9. The van der Waals surface area contributed by atoms with Crippen molar-refractivity contribution in [2.24, 2.45) is 29.4 Å². The summed E-state index contributed by atoms with van der Waals surface area (Å²) in [6.07, 6.45) is 5.51. The zero-order chi connectivity index (χ0) is 23.7. The van der Waals surface area contributed by atoms with E-state index in [1.54, 1.807) is 0 Å². The Bertz CT molecular complexity index is 1120. The predicted molar refractivity (Wildman–Crippen MR) is 122 cm³/mol. The van der Waals surface area contributed by atoms with E-state index in [2.05, 4.69) is 26.9 Å². The number of carbonyl (C=O) groups is 3. The number of carbonyl (C=O) groups excluding carboxylic acids is 3. The van der Waals surface area contributed by atoms with Gasteiger partial charge in [-0.15, -0.1) is 0 Å². The van der Waals surface area contributed by atoms with E-state index in [1.165, 1.54) is 0 Å².